The van der Waals surface area contributed by atoms with Crippen LogP contribution in [0.15, 0.2) is 0 Å². The average molecular weight is 202 g/mol. The second-order valence-electron chi connectivity index (χ2n) is 3.82. The summed E-state index contributed by atoms with van der Waals surface area (Å²) in [7, 11) is -1.09. The van der Waals surface area contributed by atoms with Crippen LogP contribution in [0.1, 0.15) is 27.2 Å². The standard InChI is InChI=1S/C10H22O2Si/c1-5-12-10(11)8-9-13(4,6-2)7-3/h5-9H2,1-4H3. The van der Waals surface area contributed by atoms with Crippen LogP contribution in [0.3, 0.4) is 0 Å². The van der Waals surface area contributed by atoms with Gasteiger partial charge in [0.2, 0.25) is 0 Å². The number of carbonyl (C=O) groups excluding carboxylic acids is 1. The summed E-state index contributed by atoms with van der Waals surface area (Å²) in [6.07, 6.45) is 0.623. The lowest BCUT2D eigenvalue weighted by molar-refractivity contribution is -0.142. The summed E-state index contributed by atoms with van der Waals surface area (Å²) < 4.78 is 4.91. The van der Waals surface area contributed by atoms with Gasteiger partial charge in [0, 0.05) is 6.42 Å². The van der Waals surface area contributed by atoms with Crippen molar-refractivity contribution in [2.24, 2.45) is 0 Å². The van der Waals surface area contributed by atoms with E-state index in [0.717, 1.165) is 6.04 Å². The highest BCUT2D eigenvalue weighted by Crippen LogP contribution is 2.21. The largest absolute Gasteiger partial charge is 0.466 e. The van der Waals surface area contributed by atoms with Crippen molar-refractivity contribution in [2.45, 2.75) is 51.9 Å². The monoisotopic (exact) mass is 202 g/mol. The van der Waals surface area contributed by atoms with Crippen molar-refractivity contribution >= 4 is 14.0 Å². The van der Waals surface area contributed by atoms with Crippen LogP contribution < -0.4 is 0 Å². The molecule has 0 N–H and O–H groups in total. The predicted molar refractivity (Wildman–Crippen MR) is 58.6 cm³/mol. The molecule has 0 bridgehead atoms. The van der Waals surface area contributed by atoms with E-state index in [1.54, 1.807) is 0 Å². The van der Waals surface area contributed by atoms with E-state index in [9.17, 15) is 4.79 Å². The van der Waals surface area contributed by atoms with Gasteiger partial charge in [0.15, 0.2) is 0 Å². The Morgan fingerprint density at radius 3 is 2.15 bits per heavy atom. The minimum Gasteiger partial charge on any atom is -0.466 e. The maximum atomic E-state index is 11.1. The molecule has 0 unspecified atom stereocenters. The number of carbonyl (C=O) groups is 1. The summed E-state index contributed by atoms with van der Waals surface area (Å²) in [6.45, 7) is 9.21. The first-order valence-corrected chi connectivity index (χ1v) is 8.35. The SMILES string of the molecule is CCOC(=O)CC[Si](C)(CC)CC. The zero-order valence-electron chi connectivity index (χ0n) is 9.35. The number of hydrogen-bond acceptors (Lipinski definition) is 2. The number of hydrogen-bond donors (Lipinski definition) is 0. The lowest BCUT2D eigenvalue weighted by atomic mass is 10.5. The summed E-state index contributed by atoms with van der Waals surface area (Å²) in [5, 5.41) is 0. The van der Waals surface area contributed by atoms with Crippen molar-refractivity contribution < 1.29 is 9.53 Å². The molecule has 0 atom stereocenters. The highest BCUT2D eigenvalue weighted by Gasteiger charge is 2.23. The Balaban J connectivity index is 3.78. The van der Waals surface area contributed by atoms with Crippen molar-refractivity contribution in [3.63, 3.8) is 0 Å². The summed E-state index contributed by atoms with van der Waals surface area (Å²) in [4.78, 5) is 11.1. The molecule has 0 aromatic carbocycles. The summed E-state index contributed by atoms with van der Waals surface area (Å²) in [6, 6.07) is 3.62. The predicted octanol–water partition coefficient (Wildman–Crippen LogP) is 3.06. The summed E-state index contributed by atoms with van der Waals surface area (Å²) in [5.41, 5.74) is 0. The Bertz CT molecular complexity index is 153. The van der Waals surface area contributed by atoms with Crippen molar-refractivity contribution in [2.75, 3.05) is 6.61 Å². The van der Waals surface area contributed by atoms with Crippen molar-refractivity contribution in [1.29, 1.82) is 0 Å². The quantitative estimate of drug-likeness (QED) is 0.489. The van der Waals surface area contributed by atoms with Gasteiger partial charge in [-0.25, -0.2) is 0 Å². The van der Waals surface area contributed by atoms with E-state index < -0.39 is 8.07 Å². The fourth-order valence-corrected chi connectivity index (χ4v) is 3.26. The van der Waals surface area contributed by atoms with Crippen LogP contribution in [0.4, 0.5) is 0 Å². The molecule has 0 aromatic rings. The Kier molecular flexibility index (Phi) is 6.04. The zero-order valence-corrected chi connectivity index (χ0v) is 10.4. The van der Waals surface area contributed by atoms with Crippen molar-refractivity contribution in [3.8, 4) is 0 Å². The Morgan fingerprint density at radius 2 is 1.77 bits per heavy atom. The third-order valence-electron chi connectivity index (χ3n) is 2.95. The summed E-state index contributed by atoms with van der Waals surface area (Å²) in [5.74, 6) is -0.0249. The Labute approximate surface area is 82.7 Å². The molecule has 0 saturated heterocycles. The zero-order chi connectivity index (χ0) is 10.3. The second kappa shape index (κ2) is 6.19. The van der Waals surface area contributed by atoms with Gasteiger partial charge >= 0.3 is 5.97 Å². The van der Waals surface area contributed by atoms with Crippen LogP contribution in [0.25, 0.3) is 0 Å². The van der Waals surface area contributed by atoms with Crippen LogP contribution in [0.5, 0.6) is 0 Å². The lowest BCUT2D eigenvalue weighted by Gasteiger charge is -2.23. The van der Waals surface area contributed by atoms with Crippen LogP contribution in [-0.4, -0.2) is 20.7 Å². The normalized spacial score (nSPS) is 11.4. The highest BCUT2D eigenvalue weighted by molar-refractivity contribution is 6.78. The van der Waals surface area contributed by atoms with Gasteiger partial charge in [-0.3, -0.25) is 4.79 Å². The van der Waals surface area contributed by atoms with Gasteiger partial charge in [-0.1, -0.05) is 32.5 Å². The molecule has 0 amide bonds. The minimum absolute atomic E-state index is 0.0249. The maximum absolute atomic E-state index is 11.1. The van der Waals surface area contributed by atoms with Crippen LogP contribution >= 0.6 is 0 Å². The number of esters is 1. The first-order chi connectivity index (χ1) is 6.08. The van der Waals surface area contributed by atoms with E-state index >= 15 is 0 Å². The number of rotatable bonds is 6. The fourth-order valence-electron chi connectivity index (χ4n) is 1.24. The molecule has 78 valence electrons. The van der Waals surface area contributed by atoms with Gasteiger partial charge in [-0.15, -0.1) is 0 Å². The van der Waals surface area contributed by atoms with E-state index in [1.165, 1.54) is 12.1 Å². The van der Waals surface area contributed by atoms with E-state index in [2.05, 4.69) is 20.4 Å². The second-order valence-corrected chi connectivity index (χ2v) is 9.36. The molecule has 13 heavy (non-hydrogen) atoms. The molecule has 0 aliphatic heterocycles. The van der Waals surface area contributed by atoms with E-state index in [0.29, 0.717) is 13.0 Å². The smallest absolute Gasteiger partial charge is 0.305 e. The molecule has 0 aliphatic carbocycles. The van der Waals surface area contributed by atoms with Crippen LogP contribution in [-0.2, 0) is 9.53 Å². The third kappa shape index (κ3) is 5.08. The van der Waals surface area contributed by atoms with Gasteiger partial charge in [0.25, 0.3) is 0 Å². The lowest BCUT2D eigenvalue weighted by Crippen LogP contribution is -2.28. The fraction of sp³-hybridized carbons (Fsp3) is 0.900. The van der Waals surface area contributed by atoms with E-state index in [4.69, 9.17) is 4.74 Å². The molecule has 0 aliphatic rings. The molecule has 0 saturated carbocycles. The van der Waals surface area contributed by atoms with Crippen molar-refractivity contribution in [3.05, 3.63) is 0 Å². The minimum atomic E-state index is -1.09. The Morgan fingerprint density at radius 1 is 1.23 bits per heavy atom. The van der Waals surface area contributed by atoms with Crippen LogP contribution in [0, 0.1) is 0 Å². The molecule has 0 aromatic heterocycles. The number of ether oxygens (including phenoxy) is 1. The van der Waals surface area contributed by atoms with Gasteiger partial charge in [0.05, 0.1) is 14.7 Å². The molecule has 3 heteroatoms. The average Bonchev–Trinajstić information content (AvgIpc) is 2.15. The molecule has 0 radical (unpaired) electrons. The van der Waals surface area contributed by atoms with Gasteiger partial charge in [-0.2, -0.15) is 0 Å². The van der Waals surface area contributed by atoms with Gasteiger partial charge < -0.3 is 4.74 Å². The van der Waals surface area contributed by atoms with E-state index in [-0.39, 0.29) is 5.97 Å². The van der Waals surface area contributed by atoms with E-state index in [1.807, 2.05) is 6.92 Å². The van der Waals surface area contributed by atoms with Gasteiger partial charge in [-0.05, 0) is 13.0 Å². The molecule has 0 rings (SSSR count). The first-order valence-electron chi connectivity index (χ1n) is 5.23. The molecule has 0 heterocycles. The van der Waals surface area contributed by atoms with Crippen molar-refractivity contribution in [1.82, 2.24) is 0 Å². The van der Waals surface area contributed by atoms with Crippen LogP contribution in [0.2, 0.25) is 24.7 Å². The molecule has 2 nitrogen and oxygen atoms in total. The topological polar surface area (TPSA) is 26.3 Å². The molecule has 0 spiro atoms. The maximum Gasteiger partial charge on any atom is 0.305 e. The molecular weight excluding hydrogens is 180 g/mol. The third-order valence-corrected chi connectivity index (χ3v) is 7.82. The Hall–Kier alpha value is -0.313. The highest BCUT2D eigenvalue weighted by atomic mass is 28.3. The van der Waals surface area contributed by atoms with Gasteiger partial charge in [0.1, 0.15) is 0 Å². The first kappa shape index (κ1) is 12.7. The molecular formula is C10H22O2Si. The molecule has 0 fully saturated rings. The summed E-state index contributed by atoms with van der Waals surface area (Å²) >= 11 is 0.